The number of carbonyl (C=O) groups is 1. The Balaban J connectivity index is 1.53. The Morgan fingerprint density at radius 1 is 1.12 bits per heavy atom. The predicted molar refractivity (Wildman–Crippen MR) is 125 cm³/mol. The van der Waals surface area contributed by atoms with Crippen molar-refractivity contribution in [2.45, 2.75) is 13.0 Å². The molecule has 12 heteroatoms. The van der Waals surface area contributed by atoms with Gasteiger partial charge in [0, 0.05) is 11.6 Å². The van der Waals surface area contributed by atoms with Crippen LogP contribution in [0.3, 0.4) is 0 Å². The number of nitrogens with one attached hydrogen (secondary N) is 1. The SMILES string of the molecule is COc1ccc(-c2nnc(NC(=O)[C@@H](C)N(c3ccc4c(c3)OCCO4)S(C)(=O)=O)s2)cc1. The maximum absolute atomic E-state index is 12.9. The first kappa shape index (κ1) is 22.8. The van der Waals surface area contributed by atoms with E-state index in [1.807, 2.05) is 12.1 Å². The van der Waals surface area contributed by atoms with Gasteiger partial charge >= 0.3 is 0 Å². The molecular weight excluding hydrogens is 468 g/mol. The number of ether oxygens (including phenoxy) is 3. The third-order valence-corrected chi connectivity index (χ3v) is 6.99. The van der Waals surface area contributed by atoms with Crippen molar-refractivity contribution in [2.24, 2.45) is 0 Å². The highest BCUT2D eigenvalue weighted by Crippen LogP contribution is 2.35. The van der Waals surface area contributed by atoms with Crippen LogP contribution in [0, 0.1) is 0 Å². The van der Waals surface area contributed by atoms with Crippen LogP contribution in [-0.2, 0) is 14.8 Å². The van der Waals surface area contributed by atoms with Crippen LogP contribution in [0.5, 0.6) is 17.2 Å². The van der Waals surface area contributed by atoms with E-state index in [4.69, 9.17) is 14.2 Å². The van der Waals surface area contributed by atoms with Crippen molar-refractivity contribution in [1.29, 1.82) is 0 Å². The molecule has 4 rings (SSSR count). The lowest BCUT2D eigenvalue weighted by atomic mass is 10.2. The van der Waals surface area contributed by atoms with Gasteiger partial charge in [0.15, 0.2) is 11.5 Å². The maximum Gasteiger partial charge on any atom is 0.249 e. The summed E-state index contributed by atoms with van der Waals surface area (Å²) in [6, 6.07) is 11.0. The van der Waals surface area contributed by atoms with Gasteiger partial charge in [-0.2, -0.15) is 0 Å². The second kappa shape index (κ2) is 9.24. The van der Waals surface area contributed by atoms with E-state index in [-0.39, 0.29) is 5.13 Å². The molecule has 0 unspecified atom stereocenters. The molecule has 1 N–H and O–H groups in total. The van der Waals surface area contributed by atoms with E-state index in [0.717, 1.165) is 16.1 Å². The van der Waals surface area contributed by atoms with Crippen molar-refractivity contribution in [3.8, 4) is 27.8 Å². The molecule has 0 radical (unpaired) electrons. The number of nitrogens with zero attached hydrogens (tertiary/aromatic N) is 3. The number of methoxy groups -OCH3 is 1. The summed E-state index contributed by atoms with van der Waals surface area (Å²) >= 11 is 1.18. The Hall–Kier alpha value is -3.38. The number of anilines is 2. The largest absolute Gasteiger partial charge is 0.497 e. The summed E-state index contributed by atoms with van der Waals surface area (Å²) in [6.45, 7) is 2.28. The molecule has 174 valence electrons. The molecule has 1 aliphatic rings. The molecule has 0 spiro atoms. The summed E-state index contributed by atoms with van der Waals surface area (Å²) in [5, 5.41) is 11.6. The van der Waals surface area contributed by atoms with E-state index in [0.29, 0.717) is 41.2 Å². The Morgan fingerprint density at radius 3 is 2.48 bits per heavy atom. The molecule has 2 aromatic carbocycles. The molecule has 3 aromatic rings. The van der Waals surface area contributed by atoms with E-state index in [1.54, 1.807) is 37.4 Å². The van der Waals surface area contributed by atoms with Gasteiger partial charge in [-0.05, 0) is 43.3 Å². The van der Waals surface area contributed by atoms with Crippen LogP contribution in [0.4, 0.5) is 10.8 Å². The van der Waals surface area contributed by atoms with Gasteiger partial charge in [-0.1, -0.05) is 11.3 Å². The number of benzene rings is 2. The molecule has 1 amide bonds. The molecule has 33 heavy (non-hydrogen) atoms. The van der Waals surface area contributed by atoms with E-state index in [2.05, 4.69) is 15.5 Å². The number of fused-ring (bicyclic) bond motifs is 1. The number of sulfonamides is 1. The molecule has 1 aliphatic heterocycles. The lowest BCUT2D eigenvalue weighted by Gasteiger charge is -2.29. The number of hydrogen-bond donors (Lipinski definition) is 1. The van der Waals surface area contributed by atoms with Gasteiger partial charge in [-0.15, -0.1) is 10.2 Å². The third-order valence-electron chi connectivity index (χ3n) is 4.86. The molecule has 2 heterocycles. The first-order chi connectivity index (χ1) is 15.8. The smallest absolute Gasteiger partial charge is 0.249 e. The number of rotatable bonds is 7. The standard InChI is InChI=1S/C21H22N4O6S2/c1-13(25(33(3,27)28)15-6-9-17-18(12-15)31-11-10-30-17)19(26)22-21-24-23-20(32-21)14-4-7-16(29-2)8-5-14/h4-9,12-13H,10-11H2,1-3H3,(H,22,24,26)/t13-/m1/s1. The Labute approximate surface area is 195 Å². The lowest BCUT2D eigenvalue weighted by molar-refractivity contribution is -0.116. The first-order valence-electron chi connectivity index (χ1n) is 9.94. The summed E-state index contributed by atoms with van der Waals surface area (Å²) in [5.74, 6) is 1.11. The van der Waals surface area contributed by atoms with Crippen molar-refractivity contribution in [3.05, 3.63) is 42.5 Å². The van der Waals surface area contributed by atoms with Crippen LogP contribution in [0.2, 0.25) is 0 Å². The summed E-state index contributed by atoms with van der Waals surface area (Å²) in [6.07, 6.45) is 1.04. The highest BCUT2D eigenvalue weighted by molar-refractivity contribution is 7.92. The first-order valence-corrected chi connectivity index (χ1v) is 12.6. The van der Waals surface area contributed by atoms with E-state index in [9.17, 15) is 13.2 Å². The Kier molecular flexibility index (Phi) is 6.38. The molecule has 10 nitrogen and oxygen atoms in total. The Bertz CT molecular complexity index is 1260. The van der Waals surface area contributed by atoms with E-state index in [1.165, 1.54) is 18.3 Å². The summed E-state index contributed by atoms with van der Waals surface area (Å²) in [5.41, 5.74) is 1.11. The van der Waals surface area contributed by atoms with Gasteiger partial charge in [0.05, 0.1) is 19.1 Å². The number of carbonyl (C=O) groups excluding carboxylic acids is 1. The van der Waals surface area contributed by atoms with Gasteiger partial charge < -0.3 is 14.2 Å². The average molecular weight is 491 g/mol. The number of amides is 1. The van der Waals surface area contributed by atoms with Crippen molar-refractivity contribution in [1.82, 2.24) is 10.2 Å². The van der Waals surface area contributed by atoms with Crippen LogP contribution in [-0.4, -0.2) is 57.1 Å². The van der Waals surface area contributed by atoms with Crippen LogP contribution in [0.15, 0.2) is 42.5 Å². The molecule has 0 fully saturated rings. The zero-order valence-electron chi connectivity index (χ0n) is 18.1. The van der Waals surface area contributed by atoms with Crippen molar-refractivity contribution < 1.29 is 27.4 Å². The van der Waals surface area contributed by atoms with E-state index >= 15 is 0 Å². The molecule has 1 atom stereocenters. The van der Waals surface area contributed by atoms with Gasteiger partial charge in [-0.25, -0.2) is 8.42 Å². The number of hydrogen-bond acceptors (Lipinski definition) is 9. The summed E-state index contributed by atoms with van der Waals surface area (Å²) < 4.78 is 42.4. The zero-order valence-corrected chi connectivity index (χ0v) is 19.8. The molecule has 0 saturated heterocycles. The number of aromatic nitrogens is 2. The van der Waals surface area contributed by atoms with Crippen LogP contribution >= 0.6 is 11.3 Å². The minimum Gasteiger partial charge on any atom is -0.497 e. The van der Waals surface area contributed by atoms with Crippen LogP contribution in [0.1, 0.15) is 6.92 Å². The fourth-order valence-electron chi connectivity index (χ4n) is 3.31. The second-order valence-electron chi connectivity index (χ2n) is 7.19. The summed E-state index contributed by atoms with van der Waals surface area (Å²) in [7, 11) is -2.21. The van der Waals surface area contributed by atoms with Crippen molar-refractivity contribution in [2.75, 3.05) is 36.2 Å². The molecule has 0 bridgehead atoms. The van der Waals surface area contributed by atoms with Gasteiger partial charge in [0.25, 0.3) is 0 Å². The zero-order chi connectivity index (χ0) is 23.6. The molecular formula is C21H22N4O6S2. The van der Waals surface area contributed by atoms with E-state index < -0.39 is 22.0 Å². The average Bonchev–Trinajstić information content (AvgIpc) is 3.26. The maximum atomic E-state index is 12.9. The van der Waals surface area contributed by atoms with Gasteiger partial charge in [0.2, 0.25) is 21.1 Å². The highest BCUT2D eigenvalue weighted by Gasteiger charge is 2.31. The van der Waals surface area contributed by atoms with Gasteiger partial charge in [-0.3, -0.25) is 14.4 Å². The monoisotopic (exact) mass is 490 g/mol. The highest BCUT2D eigenvalue weighted by atomic mass is 32.2. The molecule has 0 saturated carbocycles. The fraction of sp³-hybridized carbons (Fsp3) is 0.286. The minimum absolute atomic E-state index is 0.258. The van der Waals surface area contributed by atoms with Crippen molar-refractivity contribution in [3.63, 3.8) is 0 Å². The van der Waals surface area contributed by atoms with Crippen LogP contribution < -0.4 is 23.8 Å². The second-order valence-corrected chi connectivity index (χ2v) is 10.0. The quantitative estimate of drug-likeness (QED) is 0.537. The van der Waals surface area contributed by atoms with Crippen LogP contribution in [0.25, 0.3) is 10.6 Å². The summed E-state index contributed by atoms with van der Waals surface area (Å²) in [4.78, 5) is 12.9. The molecule has 1 aromatic heterocycles. The Morgan fingerprint density at radius 2 is 1.82 bits per heavy atom. The molecule has 0 aliphatic carbocycles. The fourth-order valence-corrected chi connectivity index (χ4v) is 5.23. The third kappa shape index (κ3) is 5.01. The van der Waals surface area contributed by atoms with Crippen molar-refractivity contribution >= 4 is 38.1 Å². The predicted octanol–water partition coefficient (Wildman–Crippen LogP) is 2.78. The normalized spacial score (nSPS) is 13.8. The topological polar surface area (TPSA) is 120 Å². The lowest BCUT2D eigenvalue weighted by Crippen LogP contribution is -2.45. The van der Waals surface area contributed by atoms with Gasteiger partial charge in [0.1, 0.15) is 30.0 Å². The minimum atomic E-state index is -3.79.